The zero-order valence-electron chi connectivity index (χ0n) is 9.52. The van der Waals surface area contributed by atoms with Crippen LogP contribution in [0.15, 0.2) is 24.3 Å². The molecule has 1 N–H and O–H groups in total. The molecule has 2 rings (SSSR count). The van der Waals surface area contributed by atoms with Gasteiger partial charge in [-0.1, -0.05) is 31.2 Å². The van der Waals surface area contributed by atoms with Crippen molar-refractivity contribution < 1.29 is 9.90 Å². The minimum Gasteiger partial charge on any atom is -0.481 e. The fourth-order valence-electron chi connectivity index (χ4n) is 2.35. The van der Waals surface area contributed by atoms with Crippen LogP contribution in [0.4, 0.5) is 0 Å². The summed E-state index contributed by atoms with van der Waals surface area (Å²) in [4.78, 5) is 13.0. The molecule has 1 atom stereocenters. The second kappa shape index (κ2) is 4.66. The number of hydrogen-bond acceptors (Lipinski definition) is 2. The number of carboxylic acids is 1. The third-order valence-corrected chi connectivity index (χ3v) is 3.26. The molecule has 0 aliphatic carbocycles. The summed E-state index contributed by atoms with van der Waals surface area (Å²) >= 11 is 0. The van der Waals surface area contributed by atoms with E-state index in [0.29, 0.717) is 0 Å². The van der Waals surface area contributed by atoms with Crippen LogP contribution < -0.4 is 0 Å². The van der Waals surface area contributed by atoms with Crippen LogP contribution in [0.25, 0.3) is 0 Å². The maximum Gasteiger partial charge on any atom is 0.304 e. The normalized spacial score (nSPS) is 17.1. The molecular formula is C13H17NO2. The Morgan fingerprint density at radius 3 is 2.38 bits per heavy atom. The highest BCUT2D eigenvalue weighted by atomic mass is 16.4. The molecular weight excluding hydrogens is 202 g/mol. The van der Waals surface area contributed by atoms with Crippen molar-refractivity contribution in [2.24, 2.45) is 0 Å². The van der Waals surface area contributed by atoms with Gasteiger partial charge >= 0.3 is 5.97 Å². The molecule has 1 unspecified atom stereocenters. The lowest BCUT2D eigenvalue weighted by Gasteiger charge is -2.24. The van der Waals surface area contributed by atoms with Crippen LogP contribution in [0.2, 0.25) is 0 Å². The average Bonchev–Trinajstić information content (AvgIpc) is 2.68. The molecule has 3 heteroatoms. The highest BCUT2D eigenvalue weighted by Crippen LogP contribution is 2.26. The molecule has 1 aliphatic rings. The lowest BCUT2D eigenvalue weighted by atomic mass is 10.1. The zero-order valence-corrected chi connectivity index (χ0v) is 9.52. The minimum absolute atomic E-state index is 0.157. The van der Waals surface area contributed by atoms with Crippen LogP contribution in [0.5, 0.6) is 0 Å². The predicted molar refractivity (Wildman–Crippen MR) is 62.0 cm³/mol. The van der Waals surface area contributed by atoms with Gasteiger partial charge in [-0.3, -0.25) is 9.69 Å². The third kappa shape index (κ3) is 2.25. The molecule has 0 aromatic heterocycles. The highest BCUT2D eigenvalue weighted by Gasteiger charge is 2.25. The fourth-order valence-corrected chi connectivity index (χ4v) is 2.35. The van der Waals surface area contributed by atoms with Crippen LogP contribution in [0, 0.1) is 0 Å². The van der Waals surface area contributed by atoms with Crippen molar-refractivity contribution >= 4 is 5.97 Å². The Morgan fingerprint density at radius 2 is 1.94 bits per heavy atom. The van der Waals surface area contributed by atoms with Crippen molar-refractivity contribution in [3.63, 3.8) is 0 Å². The van der Waals surface area contributed by atoms with Gasteiger partial charge in [0.05, 0.1) is 6.42 Å². The molecule has 0 saturated carbocycles. The quantitative estimate of drug-likeness (QED) is 0.844. The molecule has 0 bridgehead atoms. The molecule has 1 aromatic rings. The Morgan fingerprint density at radius 1 is 1.38 bits per heavy atom. The largest absolute Gasteiger partial charge is 0.481 e. The first-order valence-electron chi connectivity index (χ1n) is 5.73. The number of hydrogen-bond donors (Lipinski definition) is 1. The summed E-state index contributed by atoms with van der Waals surface area (Å²) in [5.74, 6) is -0.706. The van der Waals surface area contributed by atoms with E-state index in [1.165, 1.54) is 11.1 Å². The lowest BCUT2D eigenvalue weighted by Crippen LogP contribution is -2.32. The van der Waals surface area contributed by atoms with Gasteiger partial charge in [-0.05, 0) is 17.5 Å². The van der Waals surface area contributed by atoms with Gasteiger partial charge in [0.1, 0.15) is 0 Å². The first-order chi connectivity index (χ1) is 7.70. The number of nitrogens with zero attached hydrogens (tertiary/aromatic N) is 1. The molecule has 86 valence electrons. The minimum atomic E-state index is -0.706. The number of rotatable bonds is 4. The first kappa shape index (κ1) is 11.1. The van der Waals surface area contributed by atoms with Crippen molar-refractivity contribution in [3.8, 4) is 0 Å². The molecule has 0 amide bonds. The Hall–Kier alpha value is -1.35. The molecule has 1 aliphatic heterocycles. The van der Waals surface area contributed by atoms with E-state index in [1.54, 1.807) is 0 Å². The maximum atomic E-state index is 10.8. The van der Waals surface area contributed by atoms with E-state index in [4.69, 9.17) is 5.11 Å². The van der Waals surface area contributed by atoms with E-state index in [1.807, 2.05) is 12.1 Å². The van der Waals surface area contributed by atoms with Crippen LogP contribution in [0.3, 0.4) is 0 Å². The van der Waals surface area contributed by atoms with Crippen molar-refractivity contribution in [3.05, 3.63) is 35.4 Å². The molecule has 0 radical (unpaired) electrons. The smallest absolute Gasteiger partial charge is 0.304 e. The van der Waals surface area contributed by atoms with E-state index in [-0.39, 0.29) is 12.5 Å². The molecule has 0 spiro atoms. The second-order valence-electron chi connectivity index (χ2n) is 4.33. The number of aliphatic carboxylic acids is 1. The van der Waals surface area contributed by atoms with E-state index in [0.717, 1.165) is 19.5 Å². The van der Waals surface area contributed by atoms with Crippen LogP contribution in [0.1, 0.15) is 30.9 Å². The second-order valence-corrected chi connectivity index (χ2v) is 4.33. The van der Waals surface area contributed by atoms with Crippen molar-refractivity contribution in [1.29, 1.82) is 0 Å². The Labute approximate surface area is 95.7 Å². The summed E-state index contributed by atoms with van der Waals surface area (Å²) in [5.41, 5.74) is 2.68. The van der Waals surface area contributed by atoms with E-state index in [2.05, 4.69) is 24.0 Å². The zero-order chi connectivity index (χ0) is 11.5. The number of carboxylic acid groups (broad SMARTS) is 1. The Balaban J connectivity index is 2.06. The first-order valence-corrected chi connectivity index (χ1v) is 5.73. The van der Waals surface area contributed by atoms with Gasteiger partial charge in [-0.25, -0.2) is 0 Å². The summed E-state index contributed by atoms with van der Waals surface area (Å²) in [6.45, 7) is 3.83. The molecule has 16 heavy (non-hydrogen) atoms. The number of benzene rings is 1. The molecule has 0 fully saturated rings. The summed E-state index contributed by atoms with van der Waals surface area (Å²) in [6, 6.07) is 8.50. The van der Waals surface area contributed by atoms with Gasteiger partial charge in [0.2, 0.25) is 0 Å². The van der Waals surface area contributed by atoms with Crippen LogP contribution >= 0.6 is 0 Å². The van der Waals surface area contributed by atoms with E-state index in [9.17, 15) is 4.79 Å². The van der Waals surface area contributed by atoms with Crippen molar-refractivity contribution in [2.75, 3.05) is 0 Å². The Kier molecular flexibility index (Phi) is 3.25. The van der Waals surface area contributed by atoms with E-state index < -0.39 is 5.97 Å². The fraction of sp³-hybridized carbons (Fsp3) is 0.462. The lowest BCUT2D eigenvalue weighted by molar-refractivity contribution is -0.138. The maximum absolute atomic E-state index is 10.8. The van der Waals surface area contributed by atoms with Crippen LogP contribution in [-0.2, 0) is 17.9 Å². The number of fused-ring (bicyclic) bond motifs is 1. The SMILES string of the molecule is CCC(CC(=O)O)N1Cc2ccccc2C1. The van der Waals surface area contributed by atoms with Gasteiger partial charge in [-0.15, -0.1) is 0 Å². The van der Waals surface area contributed by atoms with Gasteiger partial charge < -0.3 is 5.11 Å². The standard InChI is InChI=1S/C13H17NO2/c1-2-12(7-13(15)16)14-8-10-5-3-4-6-11(10)9-14/h3-6,12H,2,7-9H2,1H3,(H,15,16). The van der Waals surface area contributed by atoms with Crippen molar-refractivity contribution in [2.45, 2.75) is 38.9 Å². The van der Waals surface area contributed by atoms with Gasteiger partial charge in [0.25, 0.3) is 0 Å². The number of carbonyl (C=O) groups is 1. The van der Waals surface area contributed by atoms with Gasteiger partial charge in [0.15, 0.2) is 0 Å². The monoisotopic (exact) mass is 219 g/mol. The van der Waals surface area contributed by atoms with Crippen molar-refractivity contribution in [1.82, 2.24) is 4.90 Å². The van der Waals surface area contributed by atoms with Gasteiger partial charge in [0, 0.05) is 19.1 Å². The Bertz CT molecular complexity index is 364. The summed E-state index contributed by atoms with van der Waals surface area (Å²) < 4.78 is 0. The predicted octanol–water partition coefficient (Wildman–Crippen LogP) is 2.26. The molecule has 3 nitrogen and oxygen atoms in total. The molecule has 0 saturated heterocycles. The third-order valence-electron chi connectivity index (χ3n) is 3.26. The summed E-state index contributed by atoms with van der Waals surface area (Å²) in [7, 11) is 0. The van der Waals surface area contributed by atoms with E-state index >= 15 is 0 Å². The topological polar surface area (TPSA) is 40.5 Å². The average molecular weight is 219 g/mol. The highest BCUT2D eigenvalue weighted by molar-refractivity contribution is 5.67. The summed E-state index contributed by atoms with van der Waals surface area (Å²) in [6.07, 6.45) is 1.13. The molecule has 1 aromatic carbocycles. The van der Waals surface area contributed by atoms with Gasteiger partial charge in [-0.2, -0.15) is 0 Å². The molecule has 1 heterocycles. The summed E-state index contributed by atoms with van der Waals surface area (Å²) in [5, 5.41) is 8.87. The van der Waals surface area contributed by atoms with Crippen LogP contribution in [-0.4, -0.2) is 22.0 Å².